The van der Waals surface area contributed by atoms with E-state index >= 15 is 0 Å². The van der Waals surface area contributed by atoms with Gasteiger partial charge in [0.1, 0.15) is 17.2 Å². The number of hydrogen-bond donors (Lipinski definition) is 0. The Bertz CT molecular complexity index is 785. The van der Waals surface area contributed by atoms with Crippen molar-refractivity contribution in [2.45, 2.75) is 6.42 Å². The van der Waals surface area contributed by atoms with Crippen LogP contribution in [-0.2, 0) is 0 Å². The van der Waals surface area contributed by atoms with Crippen LogP contribution in [0.3, 0.4) is 0 Å². The molecule has 0 N–H and O–H groups in total. The summed E-state index contributed by atoms with van der Waals surface area (Å²) in [7, 11) is 0. The van der Waals surface area contributed by atoms with Crippen LogP contribution in [0.1, 0.15) is 16.9 Å². The number of nitro benzene ring substituents is 1. The maximum Gasteiger partial charge on any atom is 0.295 e. The normalized spacial score (nSPS) is 14.9. The molecule has 1 aromatic carbocycles. The topological polar surface area (TPSA) is 79.6 Å². The Morgan fingerprint density at radius 1 is 1.16 bits per heavy atom. The highest BCUT2D eigenvalue weighted by Gasteiger charge is 2.25. The lowest BCUT2D eigenvalue weighted by Crippen LogP contribution is -2.35. The van der Waals surface area contributed by atoms with E-state index in [1.165, 1.54) is 12.1 Å². The fraction of sp³-hybridized carbons (Fsp3) is 0.294. The van der Waals surface area contributed by atoms with Crippen LogP contribution in [0.4, 0.5) is 15.8 Å². The van der Waals surface area contributed by atoms with Gasteiger partial charge in [-0.1, -0.05) is 6.07 Å². The predicted molar refractivity (Wildman–Crippen MR) is 90.0 cm³/mol. The fourth-order valence-corrected chi connectivity index (χ4v) is 2.92. The lowest BCUT2D eigenvalue weighted by Gasteiger charge is -2.23. The van der Waals surface area contributed by atoms with Gasteiger partial charge in [0.2, 0.25) is 0 Å². The summed E-state index contributed by atoms with van der Waals surface area (Å²) in [6.07, 6.45) is 2.23. The molecule has 2 aromatic rings. The second-order valence-corrected chi connectivity index (χ2v) is 5.74. The number of carbonyl (C=O) groups excluding carboxylic acids is 1. The van der Waals surface area contributed by atoms with Gasteiger partial charge in [-0.3, -0.25) is 19.9 Å². The molecule has 3 rings (SSSR count). The van der Waals surface area contributed by atoms with Crippen LogP contribution < -0.4 is 4.90 Å². The molecule has 0 aliphatic carbocycles. The highest BCUT2D eigenvalue weighted by Crippen LogP contribution is 2.29. The van der Waals surface area contributed by atoms with Crippen LogP contribution >= 0.6 is 0 Å². The summed E-state index contributed by atoms with van der Waals surface area (Å²) in [6, 6.07) is 8.72. The quantitative estimate of drug-likeness (QED) is 0.631. The first-order chi connectivity index (χ1) is 12.1. The monoisotopic (exact) mass is 344 g/mol. The number of carbonyl (C=O) groups is 1. The van der Waals surface area contributed by atoms with Crippen LogP contribution in [0.5, 0.6) is 0 Å². The molecule has 0 radical (unpaired) electrons. The van der Waals surface area contributed by atoms with Crippen molar-refractivity contribution in [2.24, 2.45) is 0 Å². The molecule has 1 amide bonds. The van der Waals surface area contributed by atoms with Crippen molar-refractivity contribution in [1.29, 1.82) is 0 Å². The number of halogens is 1. The van der Waals surface area contributed by atoms with E-state index < -0.39 is 10.7 Å². The van der Waals surface area contributed by atoms with Gasteiger partial charge in [-0.25, -0.2) is 4.39 Å². The molecule has 0 unspecified atom stereocenters. The van der Waals surface area contributed by atoms with Crippen LogP contribution in [0.2, 0.25) is 0 Å². The molecule has 2 heterocycles. The Labute approximate surface area is 143 Å². The number of amides is 1. The number of nitro groups is 1. The fourth-order valence-electron chi connectivity index (χ4n) is 2.92. The van der Waals surface area contributed by atoms with Crippen LogP contribution in [0.25, 0.3) is 0 Å². The molecule has 1 fully saturated rings. The summed E-state index contributed by atoms with van der Waals surface area (Å²) in [5, 5.41) is 11.2. The van der Waals surface area contributed by atoms with Crippen LogP contribution in [0.15, 0.2) is 42.6 Å². The third-order valence-corrected chi connectivity index (χ3v) is 4.14. The molecule has 0 spiro atoms. The van der Waals surface area contributed by atoms with E-state index in [2.05, 4.69) is 4.98 Å². The van der Waals surface area contributed by atoms with E-state index in [-0.39, 0.29) is 11.6 Å². The molecule has 130 valence electrons. The summed E-state index contributed by atoms with van der Waals surface area (Å²) >= 11 is 0. The van der Waals surface area contributed by atoms with Gasteiger partial charge >= 0.3 is 0 Å². The van der Waals surface area contributed by atoms with Gasteiger partial charge in [-0.15, -0.1) is 0 Å². The van der Waals surface area contributed by atoms with E-state index in [0.717, 1.165) is 6.07 Å². The van der Waals surface area contributed by atoms with E-state index in [0.29, 0.717) is 44.0 Å². The summed E-state index contributed by atoms with van der Waals surface area (Å²) in [4.78, 5) is 30.7. The lowest BCUT2D eigenvalue weighted by molar-refractivity contribution is -0.384. The maximum atomic E-state index is 13.3. The molecule has 1 aliphatic rings. The zero-order valence-electron chi connectivity index (χ0n) is 13.5. The predicted octanol–water partition coefficient (Wildman–Crippen LogP) is 2.48. The van der Waals surface area contributed by atoms with Gasteiger partial charge in [0.05, 0.1) is 11.0 Å². The lowest BCUT2D eigenvalue weighted by atomic mass is 10.2. The molecule has 7 nitrogen and oxygen atoms in total. The zero-order chi connectivity index (χ0) is 17.8. The van der Waals surface area contributed by atoms with Gasteiger partial charge < -0.3 is 9.80 Å². The average molecular weight is 344 g/mol. The minimum atomic E-state index is -0.641. The zero-order valence-corrected chi connectivity index (χ0v) is 13.5. The van der Waals surface area contributed by atoms with Gasteiger partial charge in [-0.2, -0.15) is 0 Å². The van der Waals surface area contributed by atoms with Crippen LogP contribution in [-0.4, -0.2) is 46.9 Å². The molecule has 0 bridgehead atoms. The first kappa shape index (κ1) is 16.8. The number of rotatable bonds is 3. The second-order valence-electron chi connectivity index (χ2n) is 5.74. The molecule has 0 atom stereocenters. The van der Waals surface area contributed by atoms with Crippen molar-refractivity contribution >= 4 is 17.3 Å². The number of nitrogens with zero attached hydrogens (tertiary/aromatic N) is 4. The van der Waals surface area contributed by atoms with Crippen molar-refractivity contribution in [2.75, 3.05) is 31.1 Å². The van der Waals surface area contributed by atoms with Gasteiger partial charge in [-0.05, 0) is 30.7 Å². The molecule has 1 aromatic heterocycles. The third-order valence-electron chi connectivity index (χ3n) is 4.14. The van der Waals surface area contributed by atoms with Crippen molar-refractivity contribution < 1.29 is 14.1 Å². The van der Waals surface area contributed by atoms with Crippen molar-refractivity contribution in [3.05, 3.63) is 64.2 Å². The molecule has 0 saturated carbocycles. The van der Waals surface area contributed by atoms with Crippen molar-refractivity contribution in [3.8, 4) is 0 Å². The largest absolute Gasteiger partial charge is 0.364 e. The Morgan fingerprint density at radius 3 is 2.72 bits per heavy atom. The number of benzene rings is 1. The summed E-state index contributed by atoms with van der Waals surface area (Å²) < 4.78 is 13.3. The van der Waals surface area contributed by atoms with Gasteiger partial charge in [0, 0.05) is 32.4 Å². The number of hydrogen-bond acceptors (Lipinski definition) is 5. The summed E-state index contributed by atoms with van der Waals surface area (Å²) in [5.74, 6) is -0.798. The Morgan fingerprint density at radius 2 is 2.00 bits per heavy atom. The maximum absolute atomic E-state index is 13.3. The highest BCUT2D eigenvalue weighted by atomic mass is 19.1. The minimum absolute atomic E-state index is 0.156. The molecule has 25 heavy (non-hydrogen) atoms. The average Bonchev–Trinajstić information content (AvgIpc) is 2.88. The van der Waals surface area contributed by atoms with Crippen molar-refractivity contribution in [1.82, 2.24) is 9.88 Å². The van der Waals surface area contributed by atoms with E-state index in [9.17, 15) is 19.3 Å². The van der Waals surface area contributed by atoms with Crippen molar-refractivity contribution in [3.63, 3.8) is 0 Å². The standard InChI is InChI=1S/C17H17FN4O3/c18-13-5-6-15(16(12-13)22(24)25)20-8-3-9-21(11-10-20)17(23)14-4-1-2-7-19-14/h1-2,4-7,12H,3,8-11H2. The first-order valence-electron chi connectivity index (χ1n) is 7.95. The van der Waals surface area contributed by atoms with Gasteiger partial charge in [0.25, 0.3) is 11.6 Å². The number of pyridine rings is 1. The highest BCUT2D eigenvalue weighted by molar-refractivity contribution is 5.92. The van der Waals surface area contributed by atoms with E-state index in [1.54, 1.807) is 29.3 Å². The Kier molecular flexibility index (Phi) is 4.87. The number of anilines is 1. The second kappa shape index (κ2) is 7.25. The molecular weight excluding hydrogens is 327 g/mol. The first-order valence-corrected chi connectivity index (χ1v) is 7.95. The van der Waals surface area contributed by atoms with E-state index in [1.807, 2.05) is 4.90 Å². The minimum Gasteiger partial charge on any atom is -0.364 e. The molecule has 8 heteroatoms. The third kappa shape index (κ3) is 3.73. The SMILES string of the molecule is O=C(c1ccccn1)N1CCCN(c2ccc(F)cc2[N+](=O)[O-])CC1. The molecule has 1 aliphatic heterocycles. The smallest absolute Gasteiger partial charge is 0.295 e. The molecule has 1 saturated heterocycles. The summed E-state index contributed by atoms with van der Waals surface area (Å²) in [6.45, 7) is 1.95. The molecular formula is C17H17FN4O3. The van der Waals surface area contributed by atoms with E-state index in [4.69, 9.17) is 0 Å². The van der Waals surface area contributed by atoms with Crippen LogP contribution in [0, 0.1) is 15.9 Å². The summed E-state index contributed by atoms with van der Waals surface area (Å²) in [5.41, 5.74) is 0.492. The number of aromatic nitrogens is 1. The van der Waals surface area contributed by atoms with Gasteiger partial charge in [0.15, 0.2) is 0 Å². The Balaban J connectivity index is 1.76. The Hall–Kier alpha value is -3.03.